The van der Waals surface area contributed by atoms with E-state index < -0.39 is 0 Å². The number of rotatable bonds is 41. The van der Waals surface area contributed by atoms with Gasteiger partial charge < -0.3 is 19.5 Å². The van der Waals surface area contributed by atoms with Gasteiger partial charge in [-0.15, -0.1) is 0 Å². The van der Waals surface area contributed by atoms with Gasteiger partial charge in [-0.3, -0.25) is 9.59 Å². The predicted octanol–water partition coefficient (Wildman–Crippen LogP) is 13.3. The SMILES string of the molecule is CCCCCCCCCOC(=O)CCCCCCCN(CCO)CCCC(C)(C)CCCC(=O)OC(CCCCCCCC)CCCCCCCC. The van der Waals surface area contributed by atoms with Crippen LogP contribution in [0.15, 0.2) is 0 Å². The second-order valence-electron chi connectivity index (χ2n) is 16.8. The largest absolute Gasteiger partial charge is 0.466 e. The number of nitrogens with zero attached hydrogens (tertiary/aromatic N) is 1. The highest BCUT2D eigenvalue weighted by atomic mass is 16.5. The van der Waals surface area contributed by atoms with E-state index in [1.807, 2.05) is 0 Å². The summed E-state index contributed by atoms with van der Waals surface area (Å²) in [7, 11) is 0. The lowest BCUT2D eigenvalue weighted by Gasteiger charge is -2.27. The maximum atomic E-state index is 12.9. The van der Waals surface area contributed by atoms with Crippen LogP contribution in [0, 0.1) is 5.41 Å². The van der Waals surface area contributed by atoms with Crippen molar-refractivity contribution in [1.82, 2.24) is 4.90 Å². The van der Waals surface area contributed by atoms with Crippen molar-refractivity contribution >= 4 is 11.9 Å². The van der Waals surface area contributed by atoms with Crippen LogP contribution >= 0.6 is 0 Å². The van der Waals surface area contributed by atoms with Gasteiger partial charge in [0, 0.05) is 19.4 Å². The van der Waals surface area contributed by atoms with Crippen LogP contribution in [0.2, 0.25) is 0 Å². The Labute approximate surface area is 324 Å². The van der Waals surface area contributed by atoms with Gasteiger partial charge in [0.05, 0.1) is 13.2 Å². The van der Waals surface area contributed by atoms with Crippen molar-refractivity contribution < 1.29 is 24.2 Å². The summed E-state index contributed by atoms with van der Waals surface area (Å²) >= 11 is 0. The number of carbonyl (C=O) groups excluding carboxylic acids is 2. The maximum Gasteiger partial charge on any atom is 0.306 e. The zero-order valence-corrected chi connectivity index (χ0v) is 35.8. The molecule has 0 radical (unpaired) electrons. The molecular weight excluding hydrogens is 647 g/mol. The standard InChI is InChI=1S/C46H91NO5/c1-6-9-12-15-18-24-29-42-51-44(49)34-27-22-19-23-28-38-47(40-41-48)39-31-37-46(4,5)36-30-35-45(50)52-43(32-25-20-16-13-10-7-2)33-26-21-17-14-11-8-3/h43,48H,6-42H2,1-5H3. The van der Waals surface area contributed by atoms with Gasteiger partial charge >= 0.3 is 11.9 Å². The van der Waals surface area contributed by atoms with E-state index in [2.05, 4.69) is 39.5 Å². The molecule has 0 fully saturated rings. The Morgan fingerprint density at radius 3 is 1.52 bits per heavy atom. The van der Waals surface area contributed by atoms with Gasteiger partial charge in [-0.05, 0) is 89.1 Å². The number of ether oxygens (including phenoxy) is 2. The first-order valence-corrected chi connectivity index (χ1v) is 23.0. The molecule has 6 nitrogen and oxygen atoms in total. The van der Waals surface area contributed by atoms with Crippen LogP contribution in [0.4, 0.5) is 0 Å². The number of hydrogen-bond donors (Lipinski definition) is 1. The number of aliphatic hydroxyl groups is 1. The van der Waals surface area contributed by atoms with Crippen molar-refractivity contribution in [3.63, 3.8) is 0 Å². The third-order valence-corrected chi connectivity index (χ3v) is 10.9. The van der Waals surface area contributed by atoms with E-state index in [0.29, 0.717) is 19.4 Å². The van der Waals surface area contributed by atoms with E-state index in [-0.39, 0.29) is 30.1 Å². The fraction of sp³-hybridized carbons (Fsp3) is 0.957. The molecule has 0 aliphatic heterocycles. The average Bonchev–Trinajstić information content (AvgIpc) is 3.11. The molecule has 0 rings (SSSR count). The van der Waals surface area contributed by atoms with Crippen LogP contribution in [-0.2, 0) is 19.1 Å². The summed E-state index contributed by atoms with van der Waals surface area (Å²) in [6.07, 6.45) is 36.8. The molecule has 0 unspecified atom stereocenters. The van der Waals surface area contributed by atoms with Crippen molar-refractivity contribution in [3.8, 4) is 0 Å². The monoisotopic (exact) mass is 738 g/mol. The normalized spacial score (nSPS) is 11.9. The Morgan fingerprint density at radius 1 is 0.519 bits per heavy atom. The Hall–Kier alpha value is -1.14. The van der Waals surface area contributed by atoms with Gasteiger partial charge in [-0.2, -0.15) is 0 Å². The lowest BCUT2D eigenvalue weighted by atomic mass is 9.82. The topological polar surface area (TPSA) is 76.1 Å². The average molecular weight is 738 g/mol. The number of aliphatic hydroxyl groups excluding tert-OH is 1. The summed E-state index contributed by atoms with van der Waals surface area (Å²) in [6, 6.07) is 0. The summed E-state index contributed by atoms with van der Waals surface area (Å²) in [6.45, 7) is 15.0. The summed E-state index contributed by atoms with van der Waals surface area (Å²) in [4.78, 5) is 27.3. The van der Waals surface area contributed by atoms with Crippen LogP contribution < -0.4 is 0 Å². The third-order valence-electron chi connectivity index (χ3n) is 10.9. The van der Waals surface area contributed by atoms with E-state index in [1.54, 1.807) is 0 Å². The lowest BCUT2D eigenvalue weighted by Crippen LogP contribution is -2.30. The summed E-state index contributed by atoms with van der Waals surface area (Å²) in [5.41, 5.74) is 0.191. The van der Waals surface area contributed by atoms with Gasteiger partial charge in [0.2, 0.25) is 0 Å². The lowest BCUT2D eigenvalue weighted by molar-refractivity contribution is -0.150. The molecule has 0 aromatic rings. The van der Waals surface area contributed by atoms with Gasteiger partial charge in [-0.1, -0.05) is 157 Å². The quantitative estimate of drug-likeness (QED) is 0.0497. The second kappa shape index (κ2) is 38.1. The van der Waals surface area contributed by atoms with Gasteiger partial charge in [-0.25, -0.2) is 0 Å². The molecule has 0 aromatic carbocycles. The number of hydrogen-bond acceptors (Lipinski definition) is 6. The van der Waals surface area contributed by atoms with E-state index >= 15 is 0 Å². The van der Waals surface area contributed by atoms with Gasteiger partial charge in [0.15, 0.2) is 0 Å². The molecule has 52 heavy (non-hydrogen) atoms. The van der Waals surface area contributed by atoms with Gasteiger partial charge in [0.1, 0.15) is 6.10 Å². The zero-order chi connectivity index (χ0) is 38.4. The van der Waals surface area contributed by atoms with Crippen molar-refractivity contribution in [2.24, 2.45) is 5.41 Å². The second-order valence-corrected chi connectivity index (χ2v) is 16.8. The molecular formula is C46H91NO5. The number of esters is 2. The maximum absolute atomic E-state index is 12.9. The highest BCUT2D eigenvalue weighted by molar-refractivity contribution is 5.69. The van der Waals surface area contributed by atoms with Crippen LogP contribution in [-0.4, -0.2) is 60.9 Å². The summed E-state index contributed by atoms with van der Waals surface area (Å²) in [5, 5.41) is 9.64. The van der Waals surface area contributed by atoms with Crippen molar-refractivity contribution in [2.75, 3.05) is 32.8 Å². The molecule has 0 amide bonds. The minimum absolute atomic E-state index is 0.00521. The highest BCUT2D eigenvalue weighted by Crippen LogP contribution is 2.29. The first kappa shape index (κ1) is 50.9. The first-order valence-electron chi connectivity index (χ1n) is 23.0. The smallest absolute Gasteiger partial charge is 0.306 e. The van der Waals surface area contributed by atoms with E-state index in [1.165, 1.54) is 116 Å². The van der Waals surface area contributed by atoms with E-state index in [4.69, 9.17) is 9.47 Å². The minimum Gasteiger partial charge on any atom is -0.466 e. The van der Waals surface area contributed by atoms with Crippen LogP contribution in [0.5, 0.6) is 0 Å². The molecule has 310 valence electrons. The molecule has 0 spiro atoms. The molecule has 0 saturated heterocycles. The fourth-order valence-electron chi connectivity index (χ4n) is 7.36. The van der Waals surface area contributed by atoms with Crippen LogP contribution in [0.25, 0.3) is 0 Å². The van der Waals surface area contributed by atoms with Crippen molar-refractivity contribution in [1.29, 1.82) is 0 Å². The number of unbranched alkanes of at least 4 members (excludes halogenated alkanes) is 20. The molecule has 0 aliphatic rings. The Balaban J connectivity index is 4.19. The Bertz CT molecular complexity index is 756. The molecule has 0 aliphatic carbocycles. The molecule has 0 bridgehead atoms. The number of carbonyl (C=O) groups is 2. The fourth-order valence-corrected chi connectivity index (χ4v) is 7.36. The molecule has 6 heteroatoms. The van der Waals surface area contributed by atoms with Gasteiger partial charge in [0.25, 0.3) is 0 Å². The van der Waals surface area contributed by atoms with Crippen LogP contribution in [0.1, 0.15) is 240 Å². The predicted molar refractivity (Wildman–Crippen MR) is 223 cm³/mol. The van der Waals surface area contributed by atoms with E-state index in [9.17, 15) is 14.7 Å². The first-order chi connectivity index (χ1) is 25.3. The molecule has 0 heterocycles. The summed E-state index contributed by atoms with van der Waals surface area (Å²) in [5.74, 6) is -0.0279. The molecule has 0 aromatic heterocycles. The van der Waals surface area contributed by atoms with Crippen LogP contribution in [0.3, 0.4) is 0 Å². The summed E-state index contributed by atoms with van der Waals surface area (Å²) < 4.78 is 11.5. The third kappa shape index (κ3) is 35.9. The van der Waals surface area contributed by atoms with E-state index in [0.717, 1.165) is 96.7 Å². The molecule has 1 N–H and O–H groups in total. The zero-order valence-electron chi connectivity index (χ0n) is 35.8. The Morgan fingerprint density at radius 2 is 0.962 bits per heavy atom. The minimum atomic E-state index is -0.0331. The van der Waals surface area contributed by atoms with Crippen molar-refractivity contribution in [2.45, 2.75) is 246 Å². The van der Waals surface area contributed by atoms with Crippen molar-refractivity contribution in [3.05, 3.63) is 0 Å². The molecule has 0 saturated carbocycles. The molecule has 0 atom stereocenters. The Kier molecular flexibility index (Phi) is 37.3. The highest BCUT2D eigenvalue weighted by Gasteiger charge is 2.20.